The molecular weight excluding hydrogens is 308 g/mol. The third kappa shape index (κ3) is 3.54. The summed E-state index contributed by atoms with van der Waals surface area (Å²) >= 11 is 3.31. The summed E-state index contributed by atoms with van der Waals surface area (Å²) in [5.74, 6) is -0.946. The molecule has 2 N–H and O–H groups in total. The summed E-state index contributed by atoms with van der Waals surface area (Å²) in [7, 11) is 0. The van der Waals surface area contributed by atoms with E-state index in [2.05, 4.69) is 26.2 Å². The molecule has 1 aromatic heterocycles. The fraction of sp³-hybridized carbons (Fsp3) is 0.143. The molecule has 2 aromatic rings. The molecule has 1 atom stereocenters. The molecule has 98 valence electrons. The predicted octanol–water partition coefficient (Wildman–Crippen LogP) is 3.72. The number of pyridine rings is 1. The Morgan fingerprint density at radius 1 is 1.42 bits per heavy atom. The number of aromatic nitrogens is 1. The molecule has 1 heterocycles. The Bertz CT molecular complexity index is 587. The van der Waals surface area contributed by atoms with Crippen LogP contribution in [-0.2, 0) is 0 Å². The molecule has 0 bridgehead atoms. The zero-order chi connectivity index (χ0) is 13.8. The summed E-state index contributed by atoms with van der Waals surface area (Å²) < 4.78 is 0.730. The molecule has 0 saturated heterocycles. The van der Waals surface area contributed by atoms with E-state index >= 15 is 0 Å². The number of aromatic carboxylic acids is 1. The quantitative estimate of drug-likeness (QED) is 0.901. The molecule has 4 nitrogen and oxygen atoms in total. The van der Waals surface area contributed by atoms with Crippen molar-refractivity contribution in [3.05, 3.63) is 58.3 Å². The van der Waals surface area contributed by atoms with E-state index < -0.39 is 5.97 Å². The molecular formula is C14H13BrN2O2. The highest BCUT2D eigenvalue weighted by Crippen LogP contribution is 2.23. The van der Waals surface area contributed by atoms with Gasteiger partial charge in [-0.25, -0.2) is 4.79 Å². The van der Waals surface area contributed by atoms with Crippen LogP contribution in [0.25, 0.3) is 0 Å². The fourth-order valence-electron chi connectivity index (χ4n) is 1.76. The maximum atomic E-state index is 11.0. The second-order valence-corrected chi connectivity index (χ2v) is 5.10. The summed E-state index contributed by atoms with van der Waals surface area (Å²) in [6.45, 7) is 2.00. The monoisotopic (exact) mass is 320 g/mol. The second kappa shape index (κ2) is 5.84. The van der Waals surface area contributed by atoms with Crippen LogP contribution in [0.4, 0.5) is 5.69 Å². The van der Waals surface area contributed by atoms with Crippen LogP contribution in [0.15, 0.2) is 47.2 Å². The normalized spacial score (nSPS) is 11.9. The molecule has 0 radical (unpaired) electrons. The molecule has 1 aromatic carbocycles. The molecule has 0 aliphatic carbocycles. The Hall–Kier alpha value is -1.88. The van der Waals surface area contributed by atoms with Crippen molar-refractivity contribution in [1.29, 1.82) is 0 Å². The molecule has 0 aliphatic rings. The van der Waals surface area contributed by atoms with Gasteiger partial charge in [0.2, 0.25) is 0 Å². The number of carboxylic acid groups (broad SMARTS) is 1. The maximum absolute atomic E-state index is 11.0. The minimum Gasteiger partial charge on any atom is -0.478 e. The van der Waals surface area contributed by atoms with Gasteiger partial charge in [-0.1, -0.05) is 22.0 Å². The van der Waals surface area contributed by atoms with E-state index in [0.717, 1.165) is 15.7 Å². The van der Waals surface area contributed by atoms with Crippen molar-refractivity contribution in [2.75, 3.05) is 5.32 Å². The minimum absolute atomic E-state index is 0.0460. The van der Waals surface area contributed by atoms with Crippen molar-refractivity contribution in [3.63, 3.8) is 0 Å². The number of rotatable bonds is 4. The van der Waals surface area contributed by atoms with Crippen molar-refractivity contribution in [2.24, 2.45) is 0 Å². The van der Waals surface area contributed by atoms with E-state index in [0.29, 0.717) is 0 Å². The van der Waals surface area contributed by atoms with Gasteiger partial charge in [0.15, 0.2) is 0 Å². The second-order valence-electron chi connectivity index (χ2n) is 4.19. The first-order valence-corrected chi connectivity index (χ1v) is 6.56. The van der Waals surface area contributed by atoms with E-state index in [4.69, 9.17) is 5.11 Å². The van der Waals surface area contributed by atoms with Crippen LogP contribution in [0.1, 0.15) is 28.9 Å². The van der Waals surface area contributed by atoms with Crippen molar-refractivity contribution in [2.45, 2.75) is 13.0 Å². The maximum Gasteiger partial charge on any atom is 0.335 e. The minimum atomic E-state index is -0.946. The van der Waals surface area contributed by atoms with Gasteiger partial charge in [0.05, 0.1) is 11.6 Å². The Labute approximate surface area is 119 Å². The number of hydrogen-bond acceptors (Lipinski definition) is 3. The van der Waals surface area contributed by atoms with Crippen molar-refractivity contribution in [3.8, 4) is 0 Å². The van der Waals surface area contributed by atoms with Gasteiger partial charge in [0.1, 0.15) is 0 Å². The van der Waals surface area contributed by atoms with Crippen LogP contribution in [0.5, 0.6) is 0 Å². The van der Waals surface area contributed by atoms with E-state index in [1.165, 1.54) is 0 Å². The molecule has 0 amide bonds. The molecule has 19 heavy (non-hydrogen) atoms. The Morgan fingerprint density at radius 2 is 2.21 bits per heavy atom. The molecule has 5 heteroatoms. The number of carbonyl (C=O) groups is 1. The topological polar surface area (TPSA) is 62.2 Å². The Morgan fingerprint density at radius 3 is 2.84 bits per heavy atom. The van der Waals surface area contributed by atoms with E-state index in [1.54, 1.807) is 24.5 Å². The van der Waals surface area contributed by atoms with Gasteiger partial charge in [0.25, 0.3) is 0 Å². The zero-order valence-corrected chi connectivity index (χ0v) is 11.9. The number of hydrogen-bond donors (Lipinski definition) is 2. The summed E-state index contributed by atoms with van der Waals surface area (Å²) in [6.07, 6.45) is 3.51. The molecule has 0 aliphatic heterocycles. The van der Waals surface area contributed by atoms with E-state index in [1.807, 2.05) is 25.1 Å². The lowest BCUT2D eigenvalue weighted by atomic mass is 10.1. The highest BCUT2D eigenvalue weighted by Gasteiger charge is 2.09. The average molecular weight is 321 g/mol. The molecule has 0 saturated carbocycles. The average Bonchev–Trinajstić information content (AvgIpc) is 2.39. The number of benzene rings is 1. The third-order valence-corrected chi connectivity index (χ3v) is 3.17. The molecule has 1 unspecified atom stereocenters. The number of nitrogens with one attached hydrogen (secondary N) is 1. The van der Waals surface area contributed by atoms with E-state index in [9.17, 15) is 4.79 Å². The van der Waals surface area contributed by atoms with Gasteiger partial charge in [-0.15, -0.1) is 0 Å². The van der Waals surface area contributed by atoms with Gasteiger partial charge >= 0.3 is 5.97 Å². The van der Waals surface area contributed by atoms with Crippen molar-refractivity contribution in [1.82, 2.24) is 4.98 Å². The highest BCUT2D eigenvalue weighted by molar-refractivity contribution is 9.10. The lowest BCUT2D eigenvalue weighted by Crippen LogP contribution is -2.08. The first-order chi connectivity index (χ1) is 9.06. The molecule has 0 fully saturated rings. The summed E-state index contributed by atoms with van der Waals surface area (Å²) in [4.78, 5) is 15.1. The first kappa shape index (κ1) is 13.5. The van der Waals surface area contributed by atoms with Gasteiger partial charge in [0, 0.05) is 22.6 Å². The Kier molecular flexibility index (Phi) is 4.16. The standard InChI is InChI=1S/C14H13BrN2O2/c1-9(10-3-2-4-16-8-10)17-13-6-11(14(18)19)5-12(15)7-13/h2-9,17H,1H3,(H,18,19). The summed E-state index contributed by atoms with van der Waals surface area (Å²) in [5, 5.41) is 12.3. The smallest absolute Gasteiger partial charge is 0.335 e. The highest BCUT2D eigenvalue weighted by atomic mass is 79.9. The van der Waals surface area contributed by atoms with Gasteiger partial charge in [-0.2, -0.15) is 0 Å². The molecule has 0 spiro atoms. The summed E-state index contributed by atoms with van der Waals surface area (Å²) in [5.41, 5.74) is 2.04. The van der Waals surface area contributed by atoms with E-state index in [-0.39, 0.29) is 11.6 Å². The van der Waals surface area contributed by atoms with Crippen LogP contribution in [0, 0.1) is 0 Å². The van der Waals surface area contributed by atoms with Crippen LogP contribution >= 0.6 is 15.9 Å². The molecule has 2 rings (SSSR count). The number of halogens is 1. The zero-order valence-electron chi connectivity index (χ0n) is 10.3. The van der Waals surface area contributed by atoms with Gasteiger partial charge < -0.3 is 10.4 Å². The largest absolute Gasteiger partial charge is 0.478 e. The predicted molar refractivity (Wildman–Crippen MR) is 77.4 cm³/mol. The third-order valence-electron chi connectivity index (χ3n) is 2.71. The number of carboxylic acids is 1. The first-order valence-electron chi connectivity index (χ1n) is 5.76. The number of nitrogens with zero attached hydrogens (tertiary/aromatic N) is 1. The van der Waals surface area contributed by atoms with Crippen molar-refractivity contribution < 1.29 is 9.90 Å². The van der Waals surface area contributed by atoms with Crippen LogP contribution < -0.4 is 5.32 Å². The fourth-order valence-corrected chi connectivity index (χ4v) is 2.26. The van der Waals surface area contributed by atoms with Crippen LogP contribution in [0.2, 0.25) is 0 Å². The number of anilines is 1. The van der Waals surface area contributed by atoms with Gasteiger partial charge in [-0.05, 0) is 36.8 Å². The lowest BCUT2D eigenvalue weighted by molar-refractivity contribution is 0.0697. The Balaban J connectivity index is 2.21. The SMILES string of the molecule is CC(Nc1cc(Br)cc(C(=O)O)c1)c1cccnc1. The van der Waals surface area contributed by atoms with Gasteiger partial charge in [-0.3, -0.25) is 4.98 Å². The van der Waals surface area contributed by atoms with Crippen LogP contribution in [0.3, 0.4) is 0 Å². The summed E-state index contributed by atoms with van der Waals surface area (Å²) in [6, 6.07) is 8.92. The lowest BCUT2D eigenvalue weighted by Gasteiger charge is -2.16. The van der Waals surface area contributed by atoms with Crippen LogP contribution in [-0.4, -0.2) is 16.1 Å². The van der Waals surface area contributed by atoms with Crippen molar-refractivity contribution >= 4 is 27.6 Å².